The van der Waals surface area contributed by atoms with Crippen molar-refractivity contribution >= 4 is 5.97 Å². The molecule has 1 fully saturated rings. The molecule has 0 spiro atoms. The maximum atomic E-state index is 11.9. The molecule has 0 aromatic heterocycles. The molecule has 0 unspecified atom stereocenters. The SMILES string of the molecule is NC[C@H]1CC[C@H](C(=O)OCc2ccccc2)CC1. The number of rotatable bonds is 4. The van der Waals surface area contributed by atoms with Crippen LogP contribution in [0, 0.1) is 11.8 Å². The number of ether oxygens (including phenoxy) is 1. The van der Waals surface area contributed by atoms with E-state index in [0.29, 0.717) is 12.5 Å². The van der Waals surface area contributed by atoms with Gasteiger partial charge in [-0.3, -0.25) is 4.79 Å². The second kappa shape index (κ2) is 6.55. The quantitative estimate of drug-likeness (QED) is 0.832. The molecular formula is C15H21NO2. The summed E-state index contributed by atoms with van der Waals surface area (Å²) in [5.41, 5.74) is 6.69. The Kier molecular flexibility index (Phi) is 4.76. The molecule has 0 saturated heterocycles. The normalized spacial score (nSPS) is 23.6. The third-order valence-electron chi connectivity index (χ3n) is 3.74. The Hall–Kier alpha value is -1.35. The Morgan fingerprint density at radius 2 is 1.83 bits per heavy atom. The molecular weight excluding hydrogens is 226 g/mol. The topological polar surface area (TPSA) is 52.3 Å². The fraction of sp³-hybridized carbons (Fsp3) is 0.533. The van der Waals surface area contributed by atoms with Gasteiger partial charge in [0.05, 0.1) is 5.92 Å². The van der Waals surface area contributed by atoms with Gasteiger partial charge in [0.1, 0.15) is 6.61 Å². The number of esters is 1. The van der Waals surface area contributed by atoms with E-state index in [0.717, 1.165) is 37.8 Å². The highest BCUT2D eigenvalue weighted by Gasteiger charge is 2.26. The van der Waals surface area contributed by atoms with Crippen LogP contribution in [0.15, 0.2) is 30.3 Å². The molecule has 1 aliphatic carbocycles. The number of carbonyl (C=O) groups excluding carboxylic acids is 1. The van der Waals surface area contributed by atoms with Gasteiger partial charge >= 0.3 is 5.97 Å². The van der Waals surface area contributed by atoms with Crippen molar-refractivity contribution in [3.05, 3.63) is 35.9 Å². The van der Waals surface area contributed by atoms with Crippen molar-refractivity contribution in [2.45, 2.75) is 32.3 Å². The smallest absolute Gasteiger partial charge is 0.309 e. The van der Waals surface area contributed by atoms with Crippen LogP contribution in [0.5, 0.6) is 0 Å². The second-order valence-electron chi connectivity index (χ2n) is 5.05. The van der Waals surface area contributed by atoms with Crippen LogP contribution in [0.1, 0.15) is 31.2 Å². The summed E-state index contributed by atoms with van der Waals surface area (Å²) in [4.78, 5) is 11.9. The molecule has 1 aliphatic rings. The molecule has 1 aromatic rings. The van der Waals surface area contributed by atoms with Crippen LogP contribution in [0.25, 0.3) is 0 Å². The van der Waals surface area contributed by atoms with Crippen molar-refractivity contribution in [1.29, 1.82) is 0 Å². The van der Waals surface area contributed by atoms with Crippen LogP contribution in [-0.2, 0) is 16.1 Å². The van der Waals surface area contributed by atoms with Crippen LogP contribution >= 0.6 is 0 Å². The zero-order valence-corrected chi connectivity index (χ0v) is 10.7. The first kappa shape index (κ1) is 13.1. The first-order valence-corrected chi connectivity index (χ1v) is 6.70. The summed E-state index contributed by atoms with van der Waals surface area (Å²) in [5.74, 6) is 0.633. The van der Waals surface area contributed by atoms with E-state index in [1.807, 2.05) is 30.3 Å². The van der Waals surface area contributed by atoms with Crippen LogP contribution in [0.3, 0.4) is 0 Å². The highest BCUT2D eigenvalue weighted by molar-refractivity contribution is 5.72. The van der Waals surface area contributed by atoms with E-state index in [-0.39, 0.29) is 11.9 Å². The molecule has 18 heavy (non-hydrogen) atoms. The van der Waals surface area contributed by atoms with Gasteiger partial charge in [-0.05, 0) is 43.7 Å². The predicted octanol–water partition coefficient (Wildman–Crippen LogP) is 2.49. The van der Waals surface area contributed by atoms with E-state index >= 15 is 0 Å². The Morgan fingerprint density at radius 1 is 1.17 bits per heavy atom. The van der Waals surface area contributed by atoms with E-state index in [9.17, 15) is 4.79 Å². The third-order valence-corrected chi connectivity index (χ3v) is 3.74. The molecule has 0 aliphatic heterocycles. The molecule has 1 saturated carbocycles. The van der Waals surface area contributed by atoms with E-state index < -0.39 is 0 Å². The van der Waals surface area contributed by atoms with Crippen molar-refractivity contribution in [3.63, 3.8) is 0 Å². The summed E-state index contributed by atoms with van der Waals surface area (Å²) in [6.45, 7) is 1.13. The van der Waals surface area contributed by atoms with E-state index in [4.69, 9.17) is 10.5 Å². The van der Waals surface area contributed by atoms with Crippen molar-refractivity contribution in [2.24, 2.45) is 17.6 Å². The van der Waals surface area contributed by atoms with Crippen molar-refractivity contribution < 1.29 is 9.53 Å². The molecule has 2 rings (SSSR count). The number of hydrogen-bond acceptors (Lipinski definition) is 3. The van der Waals surface area contributed by atoms with Gasteiger partial charge in [0.25, 0.3) is 0 Å². The predicted molar refractivity (Wildman–Crippen MR) is 70.7 cm³/mol. The minimum Gasteiger partial charge on any atom is -0.461 e. The van der Waals surface area contributed by atoms with Gasteiger partial charge in [-0.1, -0.05) is 30.3 Å². The van der Waals surface area contributed by atoms with E-state index in [1.165, 1.54) is 0 Å². The summed E-state index contributed by atoms with van der Waals surface area (Å²) in [6.07, 6.45) is 3.97. The van der Waals surface area contributed by atoms with Gasteiger partial charge in [0.2, 0.25) is 0 Å². The first-order valence-electron chi connectivity index (χ1n) is 6.70. The number of nitrogens with two attached hydrogens (primary N) is 1. The van der Waals surface area contributed by atoms with E-state index in [1.54, 1.807) is 0 Å². The minimum atomic E-state index is -0.0469. The maximum absolute atomic E-state index is 11.9. The Labute approximate surface area is 108 Å². The lowest BCUT2D eigenvalue weighted by Gasteiger charge is -2.26. The van der Waals surface area contributed by atoms with Gasteiger partial charge in [-0.15, -0.1) is 0 Å². The lowest BCUT2D eigenvalue weighted by Crippen LogP contribution is -2.26. The highest BCUT2D eigenvalue weighted by atomic mass is 16.5. The van der Waals surface area contributed by atoms with Crippen LogP contribution in [0.4, 0.5) is 0 Å². The largest absolute Gasteiger partial charge is 0.461 e. The maximum Gasteiger partial charge on any atom is 0.309 e. The number of benzene rings is 1. The lowest BCUT2D eigenvalue weighted by atomic mass is 9.82. The highest BCUT2D eigenvalue weighted by Crippen LogP contribution is 2.29. The Balaban J connectivity index is 1.75. The molecule has 3 heteroatoms. The van der Waals surface area contributed by atoms with Crippen LogP contribution in [-0.4, -0.2) is 12.5 Å². The standard InChI is InChI=1S/C15H21NO2/c16-10-12-6-8-14(9-7-12)15(17)18-11-13-4-2-1-3-5-13/h1-5,12,14H,6-11,16H2/t12-,14-. The second-order valence-corrected chi connectivity index (χ2v) is 5.05. The first-order chi connectivity index (χ1) is 8.79. The molecule has 1 aromatic carbocycles. The molecule has 0 bridgehead atoms. The summed E-state index contributed by atoms with van der Waals surface area (Å²) >= 11 is 0. The Bertz CT molecular complexity index is 369. The van der Waals surface area contributed by atoms with Crippen molar-refractivity contribution in [1.82, 2.24) is 0 Å². The molecule has 3 nitrogen and oxygen atoms in total. The lowest BCUT2D eigenvalue weighted by molar-refractivity contribution is -0.151. The summed E-state index contributed by atoms with van der Waals surface area (Å²) in [5, 5.41) is 0. The van der Waals surface area contributed by atoms with E-state index in [2.05, 4.69) is 0 Å². The van der Waals surface area contributed by atoms with Crippen LogP contribution < -0.4 is 5.73 Å². The number of hydrogen-bond donors (Lipinski definition) is 1. The zero-order valence-electron chi connectivity index (χ0n) is 10.7. The fourth-order valence-corrected chi connectivity index (χ4v) is 2.48. The summed E-state index contributed by atoms with van der Waals surface area (Å²) in [6, 6.07) is 9.81. The van der Waals surface area contributed by atoms with Gasteiger partial charge in [0, 0.05) is 0 Å². The molecule has 98 valence electrons. The van der Waals surface area contributed by atoms with Crippen molar-refractivity contribution in [3.8, 4) is 0 Å². The number of carbonyl (C=O) groups is 1. The third kappa shape index (κ3) is 3.57. The van der Waals surface area contributed by atoms with Crippen molar-refractivity contribution in [2.75, 3.05) is 6.54 Å². The minimum absolute atomic E-state index is 0.0469. The monoisotopic (exact) mass is 247 g/mol. The molecule has 0 atom stereocenters. The summed E-state index contributed by atoms with van der Waals surface area (Å²) < 4.78 is 5.37. The molecule has 0 radical (unpaired) electrons. The Morgan fingerprint density at radius 3 is 2.44 bits per heavy atom. The van der Waals surface area contributed by atoms with Gasteiger partial charge < -0.3 is 10.5 Å². The van der Waals surface area contributed by atoms with Crippen LogP contribution in [0.2, 0.25) is 0 Å². The zero-order chi connectivity index (χ0) is 12.8. The molecule has 2 N–H and O–H groups in total. The van der Waals surface area contributed by atoms with Gasteiger partial charge in [-0.2, -0.15) is 0 Å². The average Bonchev–Trinajstić information content (AvgIpc) is 2.46. The van der Waals surface area contributed by atoms with Gasteiger partial charge in [-0.25, -0.2) is 0 Å². The molecule has 0 amide bonds. The average molecular weight is 247 g/mol. The fourth-order valence-electron chi connectivity index (χ4n) is 2.48. The summed E-state index contributed by atoms with van der Waals surface area (Å²) in [7, 11) is 0. The molecule has 0 heterocycles. The van der Waals surface area contributed by atoms with Gasteiger partial charge in [0.15, 0.2) is 0 Å².